The van der Waals surface area contributed by atoms with E-state index in [-0.39, 0.29) is 0 Å². The van der Waals surface area contributed by atoms with Gasteiger partial charge >= 0.3 is 0 Å². The number of pyridine rings is 1. The largest absolute Gasteiger partial charge is 0.332 e. The molecule has 0 aromatic carbocycles. The van der Waals surface area contributed by atoms with Crippen molar-refractivity contribution in [2.45, 2.75) is 32.7 Å². The molecule has 0 radical (unpaired) electrons. The van der Waals surface area contributed by atoms with Crippen molar-refractivity contribution in [2.24, 2.45) is 7.05 Å². The number of thiophene rings is 1. The lowest BCUT2D eigenvalue weighted by molar-refractivity contribution is 0.621. The Morgan fingerprint density at radius 3 is 3.09 bits per heavy atom. The Morgan fingerprint density at radius 2 is 2.32 bits per heavy atom. The summed E-state index contributed by atoms with van der Waals surface area (Å²) in [5.41, 5.74) is 7.94. The molecule has 4 heteroatoms. The van der Waals surface area contributed by atoms with Crippen LogP contribution in [0.4, 0.5) is 0 Å². The third-order valence-corrected chi connectivity index (χ3v) is 5.29. The van der Waals surface area contributed by atoms with Gasteiger partial charge in [-0.1, -0.05) is 13.3 Å². The quantitative estimate of drug-likeness (QED) is 0.795. The zero-order valence-electron chi connectivity index (χ0n) is 13.1. The van der Waals surface area contributed by atoms with Crippen molar-refractivity contribution >= 4 is 22.4 Å². The molecule has 0 atom stereocenters. The molecule has 0 spiro atoms. The third kappa shape index (κ3) is 2.09. The fraction of sp³-hybridized carbons (Fsp3) is 0.389. The Bertz CT molecular complexity index is 815. The number of aryl methyl sites for hydroxylation is 2. The first-order valence-electron chi connectivity index (χ1n) is 8.03. The first-order chi connectivity index (χ1) is 10.8. The van der Waals surface area contributed by atoms with Crippen LogP contribution in [0.2, 0.25) is 0 Å². The lowest BCUT2D eigenvalue weighted by atomic mass is 9.99. The van der Waals surface area contributed by atoms with Gasteiger partial charge in [-0.3, -0.25) is 0 Å². The van der Waals surface area contributed by atoms with Gasteiger partial charge in [0.2, 0.25) is 0 Å². The molecule has 1 N–H and O–H groups in total. The summed E-state index contributed by atoms with van der Waals surface area (Å²) in [7, 11) is 2.17. The fourth-order valence-electron chi connectivity index (χ4n) is 3.56. The summed E-state index contributed by atoms with van der Waals surface area (Å²) in [6.45, 7) is 4.24. The first-order valence-corrected chi connectivity index (χ1v) is 8.97. The molecule has 3 aromatic rings. The van der Waals surface area contributed by atoms with Gasteiger partial charge in [0.05, 0.1) is 0 Å². The second-order valence-electron chi connectivity index (χ2n) is 6.03. The highest BCUT2D eigenvalue weighted by molar-refractivity contribution is 7.08. The van der Waals surface area contributed by atoms with Crippen LogP contribution in [0.5, 0.6) is 0 Å². The van der Waals surface area contributed by atoms with Crippen molar-refractivity contribution in [1.82, 2.24) is 14.9 Å². The van der Waals surface area contributed by atoms with E-state index >= 15 is 0 Å². The minimum Gasteiger partial charge on any atom is -0.332 e. The summed E-state index contributed by atoms with van der Waals surface area (Å²) in [6.07, 6.45) is 3.27. The first kappa shape index (κ1) is 14.0. The molecule has 22 heavy (non-hydrogen) atoms. The lowest BCUT2D eigenvalue weighted by Gasteiger charge is -2.15. The molecule has 114 valence electrons. The van der Waals surface area contributed by atoms with Crippen LogP contribution in [0, 0.1) is 0 Å². The number of nitrogens with zero attached hydrogens (tertiary/aromatic N) is 2. The van der Waals surface area contributed by atoms with E-state index in [0.717, 1.165) is 38.0 Å². The van der Waals surface area contributed by atoms with Crippen molar-refractivity contribution in [3.63, 3.8) is 0 Å². The monoisotopic (exact) mass is 311 g/mol. The minimum absolute atomic E-state index is 0.957. The Hall–Kier alpha value is -1.65. The van der Waals surface area contributed by atoms with Crippen LogP contribution in [0.25, 0.3) is 22.2 Å². The average Bonchev–Trinajstić information content (AvgIpc) is 3.16. The van der Waals surface area contributed by atoms with Gasteiger partial charge in [-0.15, -0.1) is 0 Å². The molecule has 0 fully saturated rings. The van der Waals surface area contributed by atoms with Crippen LogP contribution < -0.4 is 5.32 Å². The number of hydrogen-bond acceptors (Lipinski definition) is 3. The van der Waals surface area contributed by atoms with E-state index in [4.69, 9.17) is 4.98 Å². The summed E-state index contributed by atoms with van der Waals surface area (Å²) in [5, 5.41) is 9.28. The second-order valence-corrected chi connectivity index (χ2v) is 6.81. The Labute approximate surface area is 135 Å². The number of aromatic nitrogens is 2. The number of nitrogens with one attached hydrogen (secondary N) is 1. The van der Waals surface area contributed by atoms with Gasteiger partial charge in [-0.05, 0) is 46.0 Å². The maximum Gasteiger partial charge on any atom is 0.141 e. The Kier molecular flexibility index (Phi) is 3.51. The van der Waals surface area contributed by atoms with Crippen LogP contribution in [-0.4, -0.2) is 16.1 Å². The predicted molar refractivity (Wildman–Crippen MR) is 93.4 cm³/mol. The van der Waals surface area contributed by atoms with Crippen molar-refractivity contribution in [3.8, 4) is 11.1 Å². The molecule has 1 aliphatic heterocycles. The number of hydrogen-bond donors (Lipinski definition) is 1. The topological polar surface area (TPSA) is 29.9 Å². The molecule has 0 amide bonds. The molecule has 0 saturated carbocycles. The predicted octanol–water partition coefficient (Wildman–Crippen LogP) is 3.90. The average molecular weight is 311 g/mol. The molecule has 4 heterocycles. The van der Waals surface area contributed by atoms with E-state index in [1.807, 2.05) is 0 Å². The van der Waals surface area contributed by atoms with Crippen molar-refractivity contribution in [2.75, 3.05) is 6.54 Å². The van der Waals surface area contributed by atoms with Gasteiger partial charge in [0.25, 0.3) is 0 Å². The minimum atomic E-state index is 0.957. The summed E-state index contributed by atoms with van der Waals surface area (Å²) in [6, 6.07) is 4.54. The van der Waals surface area contributed by atoms with E-state index in [1.165, 1.54) is 33.5 Å². The molecule has 3 nitrogen and oxygen atoms in total. The van der Waals surface area contributed by atoms with Crippen LogP contribution >= 0.6 is 11.3 Å². The summed E-state index contributed by atoms with van der Waals surface area (Å²) < 4.78 is 2.32. The van der Waals surface area contributed by atoms with Gasteiger partial charge < -0.3 is 9.88 Å². The van der Waals surface area contributed by atoms with Gasteiger partial charge in [0.1, 0.15) is 5.65 Å². The molecule has 4 rings (SSSR count). The van der Waals surface area contributed by atoms with Crippen LogP contribution in [0.15, 0.2) is 22.9 Å². The molecule has 0 saturated heterocycles. The Morgan fingerprint density at radius 1 is 1.41 bits per heavy atom. The molecule has 1 aliphatic rings. The van der Waals surface area contributed by atoms with E-state index in [9.17, 15) is 0 Å². The zero-order chi connectivity index (χ0) is 15.1. The maximum absolute atomic E-state index is 4.98. The maximum atomic E-state index is 4.98. The van der Waals surface area contributed by atoms with E-state index in [0.29, 0.717) is 0 Å². The smallest absolute Gasteiger partial charge is 0.141 e. The highest BCUT2D eigenvalue weighted by Crippen LogP contribution is 2.36. The molecular weight excluding hydrogens is 290 g/mol. The third-order valence-electron chi connectivity index (χ3n) is 4.60. The SMILES string of the molecule is CCCc1cc(-c2ccsc2)c2c3c(n(C)c2n1)CCNC3. The van der Waals surface area contributed by atoms with Crippen LogP contribution in [0.3, 0.4) is 0 Å². The molecular formula is C18H21N3S. The van der Waals surface area contributed by atoms with Crippen molar-refractivity contribution in [1.29, 1.82) is 0 Å². The van der Waals surface area contributed by atoms with Gasteiger partial charge in [-0.2, -0.15) is 11.3 Å². The highest BCUT2D eigenvalue weighted by atomic mass is 32.1. The van der Waals surface area contributed by atoms with Crippen molar-refractivity contribution in [3.05, 3.63) is 39.8 Å². The van der Waals surface area contributed by atoms with E-state index in [1.54, 1.807) is 11.3 Å². The fourth-order valence-corrected chi connectivity index (χ4v) is 4.21. The normalized spacial score (nSPS) is 14.5. The van der Waals surface area contributed by atoms with E-state index in [2.05, 4.69) is 46.7 Å². The number of fused-ring (bicyclic) bond motifs is 3. The van der Waals surface area contributed by atoms with Gasteiger partial charge in [0.15, 0.2) is 0 Å². The molecule has 0 aliphatic carbocycles. The van der Waals surface area contributed by atoms with Crippen LogP contribution in [-0.2, 0) is 26.4 Å². The van der Waals surface area contributed by atoms with Crippen LogP contribution in [0.1, 0.15) is 30.3 Å². The number of rotatable bonds is 3. The summed E-state index contributed by atoms with van der Waals surface area (Å²) in [5.74, 6) is 0. The van der Waals surface area contributed by atoms with Gasteiger partial charge in [-0.25, -0.2) is 4.98 Å². The summed E-state index contributed by atoms with van der Waals surface area (Å²) >= 11 is 1.76. The molecule has 3 aromatic heterocycles. The second kappa shape index (κ2) is 5.52. The summed E-state index contributed by atoms with van der Waals surface area (Å²) in [4.78, 5) is 4.98. The lowest BCUT2D eigenvalue weighted by Crippen LogP contribution is -2.24. The Balaban J connectivity index is 2.06. The molecule has 0 unspecified atom stereocenters. The van der Waals surface area contributed by atoms with Gasteiger partial charge in [0, 0.05) is 43.3 Å². The standard InChI is InChI=1S/C18H21N3S/c1-3-4-13-9-14(12-6-8-22-11-12)17-15-10-19-7-5-16(15)21(2)18(17)20-13/h6,8-9,11,19H,3-5,7,10H2,1-2H3. The molecule has 0 bridgehead atoms. The van der Waals surface area contributed by atoms with Crippen molar-refractivity contribution < 1.29 is 0 Å². The highest BCUT2D eigenvalue weighted by Gasteiger charge is 2.22. The van der Waals surface area contributed by atoms with E-state index < -0.39 is 0 Å². The zero-order valence-corrected chi connectivity index (χ0v) is 14.0.